The number of hydrogen-bond donors (Lipinski definition) is 0. The molecule has 17 heavy (non-hydrogen) atoms. The molecule has 0 heterocycles. The first-order valence-corrected chi connectivity index (χ1v) is 6.23. The number of ketones is 1. The lowest BCUT2D eigenvalue weighted by molar-refractivity contribution is -0.119. The summed E-state index contributed by atoms with van der Waals surface area (Å²) in [5.74, 6) is 0.400. The van der Waals surface area contributed by atoms with Gasteiger partial charge in [0.2, 0.25) is 0 Å². The summed E-state index contributed by atoms with van der Waals surface area (Å²) in [5.41, 5.74) is 0.825. The van der Waals surface area contributed by atoms with Crippen LogP contribution >= 0.6 is 23.2 Å². The third-order valence-corrected chi connectivity index (χ3v) is 3.02. The van der Waals surface area contributed by atoms with Crippen LogP contribution in [0.3, 0.4) is 0 Å². The quantitative estimate of drug-likeness (QED) is 0.789. The Hall–Kier alpha value is -0.570. The minimum absolute atomic E-state index is 0.166. The van der Waals surface area contributed by atoms with Gasteiger partial charge in [-0.2, -0.15) is 0 Å². The molecule has 0 aromatic heterocycles. The molecule has 1 rings (SSSR count). The molecule has 0 aliphatic heterocycles. The van der Waals surface area contributed by atoms with Crippen molar-refractivity contribution in [2.75, 3.05) is 13.7 Å². The van der Waals surface area contributed by atoms with E-state index in [9.17, 15) is 4.79 Å². The molecule has 2 nitrogen and oxygen atoms in total. The highest BCUT2D eigenvalue weighted by Gasteiger charge is 2.11. The average Bonchev–Trinajstić information content (AvgIpc) is 2.22. The summed E-state index contributed by atoms with van der Waals surface area (Å²) >= 11 is 11.8. The Balaban J connectivity index is 2.56. The zero-order valence-electron chi connectivity index (χ0n) is 10.0. The Labute approximate surface area is 112 Å². The van der Waals surface area contributed by atoms with Gasteiger partial charge in [-0.1, -0.05) is 36.2 Å². The lowest BCUT2D eigenvalue weighted by Gasteiger charge is -2.09. The molecule has 0 spiro atoms. The van der Waals surface area contributed by atoms with Gasteiger partial charge in [-0.25, -0.2) is 0 Å². The highest BCUT2D eigenvalue weighted by atomic mass is 35.5. The summed E-state index contributed by atoms with van der Waals surface area (Å²) in [7, 11) is 1.64. The molecule has 0 radical (unpaired) electrons. The molecule has 0 aliphatic carbocycles. The van der Waals surface area contributed by atoms with Gasteiger partial charge in [-0.15, -0.1) is 0 Å². The highest BCUT2D eigenvalue weighted by Crippen LogP contribution is 2.22. The van der Waals surface area contributed by atoms with Gasteiger partial charge < -0.3 is 4.74 Å². The molecule has 0 aliphatic rings. The maximum atomic E-state index is 11.8. The minimum atomic E-state index is 0.166. The van der Waals surface area contributed by atoms with Crippen LogP contribution in [-0.4, -0.2) is 19.5 Å². The second kappa shape index (κ2) is 7.00. The molecule has 1 aromatic rings. The smallest absolute Gasteiger partial charge is 0.137 e. The van der Waals surface area contributed by atoms with E-state index in [0.717, 1.165) is 5.56 Å². The zero-order chi connectivity index (χ0) is 12.8. The number of carbonyl (C=O) groups is 1. The van der Waals surface area contributed by atoms with Crippen molar-refractivity contribution in [3.63, 3.8) is 0 Å². The van der Waals surface area contributed by atoms with Crippen LogP contribution in [0.1, 0.15) is 18.9 Å². The summed E-state index contributed by atoms with van der Waals surface area (Å²) in [5, 5.41) is 1.13. The Morgan fingerprint density at radius 3 is 2.71 bits per heavy atom. The number of Topliss-reactive ketones (excluding diaryl/α,β-unsaturated/α-hetero) is 1. The fourth-order valence-corrected chi connectivity index (χ4v) is 2.16. The summed E-state index contributed by atoms with van der Waals surface area (Å²) in [6.45, 7) is 2.59. The molecule has 1 unspecified atom stereocenters. The molecule has 0 fully saturated rings. The van der Waals surface area contributed by atoms with Gasteiger partial charge in [0.25, 0.3) is 0 Å². The van der Waals surface area contributed by atoms with Gasteiger partial charge in [0.1, 0.15) is 5.78 Å². The van der Waals surface area contributed by atoms with Crippen molar-refractivity contribution in [3.05, 3.63) is 33.8 Å². The van der Waals surface area contributed by atoms with Crippen molar-refractivity contribution < 1.29 is 9.53 Å². The molecule has 94 valence electrons. The second-order valence-corrected chi connectivity index (χ2v) is 5.06. The summed E-state index contributed by atoms with van der Waals surface area (Å²) in [6, 6.07) is 5.20. The van der Waals surface area contributed by atoms with E-state index in [1.165, 1.54) is 0 Å². The van der Waals surface area contributed by atoms with E-state index in [-0.39, 0.29) is 11.7 Å². The lowest BCUT2D eigenvalue weighted by Crippen LogP contribution is -2.12. The maximum absolute atomic E-state index is 11.8. The van der Waals surface area contributed by atoms with Crippen molar-refractivity contribution in [2.45, 2.75) is 19.8 Å². The minimum Gasteiger partial charge on any atom is -0.384 e. The van der Waals surface area contributed by atoms with Crippen molar-refractivity contribution in [1.29, 1.82) is 0 Å². The summed E-state index contributed by atoms with van der Waals surface area (Å²) < 4.78 is 5.00. The van der Waals surface area contributed by atoms with Gasteiger partial charge in [-0.05, 0) is 23.6 Å². The van der Waals surface area contributed by atoms with Crippen LogP contribution in [0.25, 0.3) is 0 Å². The monoisotopic (exact) mass is 274 g/mol. The first-order chi connectivity index (χ1) is 8.02. The average molecular weight is 275 g/mol. The highest BCUT2D eigenvalue weighted by molar-refractivity contribution is 6.35. The van der Waals surface area contributed by atoms with Gasteiger partial charge in [0, 0.05) is 36.6 Å². The molecule has 0 N–H and O–H groups in total. The Morgan fingerprint density at radius 1 is 1.41 bits per heavy atom. The van der Waals surface area contributed by atoms with E-state index in [2.05, 4.69) is 0 Å². The van der Waals surface area contributed by atoms with Crippen molar-refractivity contribution in [2.24, 2.45) is 5.92 Å². The van der Waals surface area contributed by atoms with E-state index in [1.54, 1.807) is 25.3 Å². The fraction of sp³-hybridized carbons (Fsp3) is 0.462. The van der Waals surface area contributed by atoms with E-state index in [1.807, 2.05) is 6.92 Å². The normalized spacial score (nSPS) is 12.5. The largest absolute Gasteiger partial charge is 0.384 e. The SMILES string of the molecule is COCC(C)CC(=O)Cc1ccc(Cl)cc1Cl. The van der Waals surface area contributed by atoms with E-state index in [4.69, 9.17) is 27.9 Å². The van der Waals surface area contributed by atoms with E-state index >= 15 is 0 Å². The third-order valence-electron chi connectivity index (χ3n) is 2.43. The maximum Gasteiger partial charge on any atom is 0.137 e. The van der Waals surface area contributed by atoms with Crippen LogP contribution in [0.2, 0.25) is 10.0 Å². The predicted octanol–water partition coefficient (Wildman–Crippen LogP) is 3.78. The van der Waals surface area contributed by atoms with Gasteiger partial charge in [0.05, 0.1) is 0 Å². The number of rotatable bonds is 6. The Morgan fingerprint density at radius 2 is 2.12 bits per heavy atom. The summed E-state index contributed by atoms with van der Waals surface area (Å²) in [6.07, 6.45) is 0.858. The van der Waals surface area contributed by atoms with Crippen LogP contribution in [0.5, 0.6) is 0 Å². The molecular formula is C13H16Cl2O2. The van der Waals surface area contributed by atoms with Crippen LogP contribution in [0.15, 0.2) is 18.2 Å². The van der Waals surface area contributed by atoms with Crippen molar-refractivity contribution in [3.8, 4) is 0 Å². The van der Waals surface area contributed by atoms with Crippen LogP contribution in [0, 0.1) is 5.92 Å². The Kier molecular flexibility index (Phi) is 5.96. The number of benzene rings is 1. The Bertz CT molecular complexity index is 391. The van der Waals surface area contributed by atoms with Crippen molar-refractivity contribution >= 4 is 29.0 Å². The molecule has 1 atom stereocenters. The van der Waals surface area contributed by atoms with Crippen molar-refractivity contribution in [1.82, 2.24) is 0 Å². The molecule has 0 bridgehead atoms. The standard InChI is InChI=1S/C13H16Cl2O2/c1-9(8-17-2)5-12(16)6-10-3-4-11(14)7-13(10)15/h3-4,7,9H,5-6,8H2,1-2H3. The second-order valence-electron chi connectivity index (χ2n) is 4.22. The topological polar surface area (TPSA) is 26.3 Å². The number of hydrogen-bond acceptors (Lipinski definition) is 2. The first kappa shape index (κ1) is 14.5. The van der Waals surface area contributed by atoms with E-state index < -0.39 is 0 Å². The first-order valence-electron chi connectivity index (χ1n) is 5.47. The zero-order valence-corrected chi connectivity index (χ0v) is 11.5. The summed E-state index contributed by atoms with van der Waals surface area (Å²) in [4.78, 5) is 11.8. The van der Waals surface area contributed by atoms with Crippen LogP contribution < -0.4 is 0 Å². The van der Waals surface area contributed by atoms with Crippen LogP contribution in [0.4, 0.5) is 0 Å². The number of methoxy groups -OCH3 is 1. The van der Waals surface area contributed by atoms with Gasteiger partial charge in [-0.3, -0.25) is 4.79 Å². The molecule has 4 heteroatoms. The fourth-order valence-electron chi connectivity index (χ4n) is 1.68. The predicted molar refractivity (Wildman–Crippen MR) is 70.8 cm³/mol. The molecule has 1 aromatic carbocycles. The molecule has 0 saturated heterocycles. The lowest BCUT2D eigenvalue weighted by atomic mass is 10.0. The molecule has 0 amide bonds. The van der Waals surface area contributed by atoms with Gasteiger partial charge >= 0.3 is 0 Å². The number of halogens is 2. The third kappa shape index (κ3) is 5.07. The number of carbonyl (C=O) groups excluding carboxylic acids is 1. The van der Waals surface area contributed by atoms with Gasteiger partial charge in [0.15, 0.2) is 0 Å². The van der Waals surface area contributed by atoms with Crippen LogP contribution in [-0.2, 0) is 16.0 Å². The molecular weight excluding hydrogens is 259 g/mol. The molecule has 0 saturated carbocycles. The number of ether oxygens (including phenoxy) is 1. The van der Waals surface area contributed by atoms with E-state index in [0.29, 0.717) is 29.5 Å².